The van der Waals surface area contributed by atoms with Crippen LogP contribution in [0.4, 0.5) is 18.9 Å². The molecule has 0 heterocycles. The van der Waals surface area contributed by atoms with Crippen molar-refractivity contribution in [2.24, 2.45) is 0 Å². The third-order valence-electron chi connectivity index (χ3n) is 1.98. The molecule has 0 aromatic heterocycles. The van der Waals surface area contributed by atoms with Gasteiger partial charge in [-0.05, 0) is 13.8 Å². The lowest BCUT2D eigenvalue weighted by Gasteiger charge is -2.13. The van der Waals surface area contributed by atoms with E-state index in [2.05, 4.69) is 5.32 Å². The molecule has 0 aliphatic heterocycles. The first-order valence-electron chi connectivity index (χ1n) is 4.71. The lowest BCUT2D eigenvalue weighted by atomic mass is 10.1. The Hall–Kier alpha value is -2.21. The van der Waals surface area contributed by atoms with Crippen LogP contribution in [0, 0.1) is 40.1 Å². The summed E-state index contributed by atoms with van der Waals surface area (Å²) in [5.74, 6) is -4.27. The molecule has 0 amide bonds. The Morgan fingerprint density at radius 3 is 1.82 bits per heavy atom. The molecule has 0 aliphatic carbocycles. The Kier molecular flexibility index (Phi) is 3.59. The highest BCUT2D eigenvalue weighted by Crippen LogP contribution is 2.28. The fraction of sp³-hybridized carbons (Fsp3) is 0.273. The van der Waals surface area contributed by atoms with E-state index < -0.39 is 34.3 Å². The maximum atomic E-state index is 13.7. The number of halogens is 3. The fourth-order valence-electron chi connectivity index (χ4n) is 1.29. The predicted molar refractivity (Wildman–Crippen MR) is 54.5 cm³/mol. The van der Waals surface area contributed by atoms with Gasteiger partial charge in [-0.15, -0.1) is 0 Å². The standard InChI is InChI=1S/C11H8F3N3/c1-5(2)17-11-9(13)7(4-16)6(3-15)8(12)10(11)14/h5,17H,1-2H3. The number of nitriles is 2. The van der Waals surface area contributed by atoms with Crippen LogP contribution in [0.3, 0.4) is 0 Å². The van der Waals surface area contributed by atoms with Crippen LogP contribution < -0.4 is 5.32 Å². The monoisotopic (exact) mass is 239 g/mol. The van der Waals surface area contributed by atoms with E-state index in [1.807, 2.05) is 0 Å². The van der Waals surface area contributed by atoms with Gasteiger partial charge in [0.1, 0.15) is 29.0 Å². The van der Waals surface area contributed by atoms with Gasteiger partial charge in [0.05, 0.1) is 0 Å². The molecule has 0 spiro atoms. The maximum absolute atomic E-state index is 13.7. The van der Waals surface area contributed by atoms with Crippen molar-refractivity contribution in [3.05, 3.63) is 28.6 Å². The minimum Gasteiger partial charge on any atom is -0.378 e. The van der Waals surface area contributed by atoms with Gasteiger partial charge in [-0.1, -0.05) is 0 Å². The highest BCUT2D eigenvalue weighted by Gasteiger charge is 2.25. The van der Waals surface area contributed by atoms with Gasteiger partial charge < -0.3 is 5.32 Å². The molecule has 0 fully saturated rings. The SMILES string of the molecule is CC(C)Nc1c(F)c(F)c(C#N)c(C#N)c1F. The van der Waals surface area contributed by atoms with E-state index in [0.717, 1.165) is 0 Å². The normalized spacial score (nSPS) is 9.88. The summed E-state index contributed by atoms with van der Waals surface area (Å²) in [6, 6.07) is 2.27. The molecule has 0 saturated carbocycles. The molecular formula is C11H8F3N3. The van der Waals surface area contributed by atoms with E-state index in [1.165, 1.54) is 12.1 Å². The van der Waals surface area contributed by atoms with Crippen LogP contribution in [0.1, 0.15) is 25.0 Å². The van der Waals surface area contributed by atoms with Crippen molar-refractivity contribution in [3.63, 3.8) is 0 Å². The van der Waals surface area contributed by atoms with Crippen LogP contribution in [-0.4, -0.2) is 6.04 Å². The number of nitrogens with one attached hydrogen (secondary N) is 1. The zero-order valence-corrected chi connectivity index (χ0v) is 9.11. The Morgan fingerprint density at radius 1 is 0.941 bits per heavy atom. The van der Waals surface area contributed by atoms with Crippen molar-refractivity contribution in [1.82, 2.24) is 0 Å². The number of benzene rings is 1. The van der Waals surface area contributed by atoms with Crippen molar-refractivity contribution in [2.45, 2.75) is 19.9 Å². The summed E-state index contributed by atoms with van der Waals surface area (Å²) < 4.78 is 40.5. The first-order valence-corrected chi connectivity index (χ1v) is 4.71. The predicted octanol–water partition coefficient (Wildman–Crippen LogP) is 2.67. The zero-order valence-electron chi connectivity index (χ0n) is 9.11. The van der Waals surface area contributed by atoms with Crippen molar-refractivity contribution in [2.75, 3.05) is 5.32 Å². The highest BCUT2D eigenvalue weighted by atomic mass is 19.2. The molecule has 3 nitrogen and oxygen atoms in total. The summed E-state index contributed by atoms with van der Waals surface area (Å²) in [5, 5.41) is 19.6. The van der Waals surface area contributed by atoms with Crippen LogP contribution in [-0.2, 0) is 0 Å². The largest absolute Gasteiger partial charge is 0.378 e. The van der Waals surface area contributed by atoms with Gasteiger partial charge in [0, 0.05) is 6.04 Å². The minimum atomic E-state index is -1.52. The number of hydrogen-bond acceptors (Lipinski definition) is 3. The Bertz CT molecular complexity index is 539. The second kappa shape index (κ2) is 4.75. The molecule has 1 aromatic carbocycles. The first kappa shape index (κ1) is 12.9. The number of rotatable bonds is 2. The molecule has 0 aliphatic rings. The first-order chi connectivity index (χ1) is 7.93. The summed E-state index contributed by atoms with van der Waals surface area (Å²) >= 11 is 0. The summed E-state index contributed by atoms with van der Waals surface area (Å²) in [6.45, 7) is 3.20. The smallest absolute Gasteiger partial charge is 0.186 e. The Morgan fingerprint density at radius 2 is 1.41 bits per heavy atom. The van der Waals surface area contributed by atoms with Crippen molar-refractivity contribution >= 4 is 5.69 Å². The van der Waals surface area contributed by atoms with Gasteiger partial charge in [0.25, 0.3) is 0 Å². The van der Waals surface area contributed by atoms with Gasteiger partial charge in [0.2, 0.25) is 0 Å². The second-order valence-electron chi connectivity index (χ2n) is 3.59. The molecule has 6 heteroatoms. The maximum Gasteiger partial charge on any atom is 0.186 e. The number of nitrogens with zero attached hydrogens (tertiary/aromatic N) is 2. The molecule has 0 bridgehead atoms. The van der Waals surface area contributed by atoms with Crippen LogP contribution in [0.25, 0.3) is 0 Å². The fourth-order valence-corrected chi connectivity index (χ4v) is 1.29. The van der Waals surface area contributed by atoms with E-state index >= 15 is 0 Å². The van der Waals surface area contributed by atoms with Gasteiger partial charge in [-0.3, -0.25) is 0 Å². The van der Waals surface area contributed by atoms with Crippen LogP contribution in [0.2, 0.25) is 0 Å². The molecule has 17 heavy (non-hydrogen) atoms. The van der Waals surface area contributed by atoms with Gasteiger partial charge in [-0.2, -0.15) is 10.5 Å². The van der Waals surface area contributed by atoms with Gasteiger partial charge in [-0.25, -0.2) is 13.2 Å². The summed E-state index contributed by atoms with van der Waals surface area (Å²) in [7, 11) is 0. The molecule has 1 N–H and O–H groups in total. The van der Waals surface area contributed by atoms with Crippen LogP contribution >= 0.6 is 0 Å². The van der Waals surface area contributed by atoms with E-state index in [1.54, 1.807) is 13.8 Å². The zero-order chi connectivity index (χ0) is 13.2. The topological polar surface area (TPSA) is 59.6 Å². The van der Waals surface area contributed by atoms with Crippen molar-refractivity contribution < 1.29 is 13.2 Å². The average Bonchev–Trinajstić information content (AvgIpc) is 2.28. The molecule has 0 saturated heterocycles. The highest BCUT2D eigenvalue weighted by molar-refractivity contribution is 5.59. The van der Waals surface area contributed by atoms with Crippen LogP contribution in [0.5, 0.6) is 0 Å². The molecule has 0 unspecified atom stereocenters. The lowest BCUT2D eigenvalue weighted by molar-refractivity contribution is 0.494. The Balaban J connectivity index is 3.62. The van der Waals surface area contributed by atoms with Crippen molar-refractivity contribution in [3.8, 4) is 12.1 Å². The molecule has 88 valence electrons. The third-order valence-corrected chi connectivity index (χ3v) is 1.98. The van der Waals surface area contributed by atoms with Gasteiger partial charge in [0.15, 0.2) is 17.5 Å². The molecule has 1 aromatic rings. The van der Waals surface area contributed by atoms with E-state index in [4.69, 9.17) is 10.5 Å². The molecular weight excluding hydrogens is 231 g/mol. The lowest BCUT2D eigenvalue weighted by Crippen LogP contribution is -2.15. The second-order valence-corrected chi connectivity index (χ2v) is 3.59. The minimum absolute atomic E-state index is 0.349. The summed E-state index contributed by atoms with van der Waals surface area (Å²) in [4.78, 5) is 0. The third kappa shape index (κ3) is 2.16. The van der Waals surface area contributed by atoms with Gasteiger partial charge >= 0.3 is 0 Å². The quantitative estimate of drug-likeness (QED) is 0.807. The van der Waals surface area contributed by atoms with E-state index in [0.29, 0.717) is 0 Å². The molecule has 0 atom stereocenters. The Labute approximate surface area is 96.1 Å². The number of anilines is 1. The summed E-state index contributed by atoms with van der Waals surface area (Å²) in [6.07, 6.45) is 0. The average molecular weight is 239 g/mol. The van der Waals surface area contributed by atoms with Crippen LogP contribution in [0.15, 0.2) is 0 Å². The molecule has 0 radical (unpaired) electrons. The molecule has 1 rings (SSSR count). The van der Waals surface area contributed by atoms with E-state index in [-0.39, 0.29) is 6.04 Å². The number of hydrogen-bond donors (Lipinski definition) is 1. The van der Waals surface area contributed by atoms with E-state index in [9.17, 15) is 13.2 Å². The van der Waals surface area contributed by atoms with Crippen molar-refractivity contribution in [1.29, 1.82) is 10.5 Å². The summed E-state index contributed by atoms with van der Waals surface area (Å²) in [5.41, 5.74) is -2.44.